The highest BCUT2D eigenvalue weighted by atomic mass is 79.9. The molecule has 0 bridgehead atoms. The van der Waals surface area contributed by atoms with Gasteiger partial charge in [0, 0.05) is 23.4 Å². The van der Waals surface area contributed by atoms with Gasteiger partial charge in [0.1, 0.15) is 11.8 Å². The van der Waals surface area contributed by atoms with Gasteiger partial charge in [0.25, 0.3) is 5.82 Å². The molecule has 2 aromatic carbocycles. The van der Waals surface area contributed by atoms with E-state index in [0.29, 0.717) is 5.58 Å². The standard InChI is InChI=1S/C24H23N2O3.BrH/c1-28-22-8-5-4-7-19(22)26-16-20(25-14-6-2-3-9-23(25)26)17-10-12-21-18(15-17)11-13-24(27)29-21;/h4-5,7-8,10-13,15-16H,2-3,6,9,14H2,1H3;1H/q+1;/p-1. The molecule has 0 atom stereocenters. The van der Waals surface area contributed by atoms with E-state index in [4.69, 9.17) is 9.15 Å². The average Bonchev–Trinajstić information content (AvgIpc) is 2.93. The maximum absolute atomic E-state index is 11.5. The summed E-state index contributed by atoms with van der Waals surface area (Å²) >= 11 is 0. The molecule has 1 aliphatic rings. The summed E-state index contributed by atoms with van der Waals surface area (Å²) in [6.07, 6.45) is 6.82. The lowest BCUT2D eigenvalue weighted by atomic mass is 10.1. The summed E-state index contributed by atoms with van der Waals surface area (Å²) < 4.78 is 15.6. The SMILES string of the molecule is COc1ccccc1-[n+]1cc(-c2ccc3oc(=O)ccc3c2)n2c1CCCCC2.[Br-]. The molecular weight excluding hydrogens is 444 g/mol. The fourth-order valence-electron chi connectivity index (χ4n) is 4.27. The molecule has 3 heterocycles. The number of para-hydroxylation sites is 2. The Kier molecular flexibility index (Phi) is 5.77. The van der Waals surface area contributed by atoms with Gasteiger partial charge in [0.15, 0.2) is 17.1 Å². The van der Waals surface area contributed by atoms with Crippen LogP contribution in [0.4, 0.5) is 0 Å². The van der Waals surface area contributed by atoms with Crippen LogP contribution >= 0.6 is 0 Å². The average molecular weight is 467 g/mol. The van der Waals surface area contributed by atoms with E-state index < -0.39 is 0 Å². The molecule has 0 saturated carbocycles. The maximum atomic E-state index is 11.5. The monoisotopic (exact) mass is 466 g/mol. The van der Waals surface area contributed by atoms with Crippen LogP contribution in [0.5, 0.6) is 5.75 Å². The number of benzene rings is 2. The Morgan fingerprint density at radius 1 is 1.03 bits per heavy atom. The molecule has 0 fully saturated rings. The number of hydrogen-bond acceptors (Lipinski definition) is 3. The number of nitrogens with zero attached hydrogens (tertiary/aromatic N) is 2. The number of methoxy groups -OCH3 is 1. The van der Waals surface area contributed by atoms with Gasteiger partial charge < -0.3 is 26.1 Å². The summed E-state index contributed by atoms with van der Waals surface area (Å²) in [6, 6.07) is 17.5. The van der Waals surface area contributed by atoms with Crippen LogP contribution in [0.2, 0.25) is 0 Å². The second kappa shape index (κ2) is 8.48. The summed E-state index contributed by atoms with van der Waals surface area (Å²) in [5, 5.41) is 0.926. The first-order chi connectivity index (χ1) is 14.2. The zero-order chi connectivity index (χ0) is 19.8. The molecule has 0 spiro atoms. The van der Waals surface area contributed by atoms with E-state index in [1.54, 1.807) is 7.11 Å². The second-order valence-electron chi connectivity index (χ2n) is 7.44. The number of rotatable bonds is 3. The lowest BCUT2D eigenvalue weighted by Gasteiger charge is -2.06. The summed E-state index contributed by atoms with van der Waals surface area (Å²) in [7, 11) is 1.71. The molecule has 0 N–H and O–H groups in total. The number of hydrogen-bond donors (Lipinski definition) is 0. The van der Waals surface area contributed by atoms with Crippen LogP contribution in [0.3, 0.4) is 0 Å². The Morgan fingerprint density at radius 3 is 2.77 bits per heavy atom. The van der Waals surface area contributed by atoms with Crippen molar-refractivity contribution in [2.24, 2.45) is 0 Å². The van der Waals surface area contributed by atoms with Crippen molar-refractivity contribution in [1.29, 1.82) is 0 Å². The molecule has 0 aliphatic carbocycles. The van der Waals surface area contributed by atoms with Gasteiger partial charge in [-0.1, -0.05) is 12.1 Å². The fourth-order valence-corrected chi connectivity index (χ4v) is 4.27. The lowest BCUT2D eigenvalue weighted by molar-refractivity contribution is -0.604. The fraction of sp³-hybridized carbons (Fsp3) is 0.250. The molecular formula is C24H23BrN2O3. The number of fused-ring (bicyclic) bond motifs is 2. The smallest absolute Gasteiger partial charge is 0.336 e. The minimum Gasteiger partial charge on any atom is -1.00 e. The minimum atomic E-state index is -0.323. The van der Waals surface area contributed by atoms with Gasteiger partial charge in [-0.25, -0.2) is 9.36 Å². The van der Waals surface area contributed by atoms with Crippen molar-refractivity contribution >= 4 is 11.0 Å². The van der Waals surface area contributed by atoms with E-state index in [1.165, 1.54) is 36.8 Å². The first kappa shape index (κ1) is 20.4. The molecule has 5 rings (SSSR count). The van der Waals surface area contributed by atoms with Crippen molar-refractivity contribution in [3.63, 3.8) is 0 Å². The van der Waals surface area contributed by atoms with E-state index in [0.717, 1.165) is 35.4 Å². The molecule has 154 valence electrons. The first-order valence-corrected chi connectivity index (χ1v) is 10.1. The van der Waals surface area contributed by atoms with Gasteiger partial charge in [-0.15, -0.1) is 0 Å². The first-order valence-electron chi connectivity index (χ1n) is 10.1. The molecule has 0 amide bonds. The van der Waals surface area contributed by atoms with E-state index >= 15 is 0 Å². The second-order valence-corrected chi connectivity index (χ2v) is 7.44. The summed E-state index contributed by atoms with van der Waals surface area (Å²) in [4.78, 5) is 11.5. The van der Waals surface area contributed by atoms with E-state index in [2.05, 4.69) is 27.5 Å². The number of halogens is 1. The van der Waals surface area contributed by atoms with Crippen molar-refractivity contribution in [2.75, 3.05) is 7.11 Å². The van der Waals surface area contributed by atoms with Crippen LogP contribution in [-0.4, -0.2) is 11.7 Å². The lowest BCUT2D eigenvalue weighted by Crippen LogP contribution is -3.00. The van der Waals surface area contributed by atoms with Crippen LogP contribution < -0.4 is 31.9 Å². The largest absolute Gasteiger partial charge is 1.00 e. The Labute approximate surface area is 185 Å². The summed E-state index contributed by atoms with van der Waals surface area (Å²) in [6.45, 7) is 0.995. The number of imidazole rings is 1. The molecule has 6 heteroatoms. The zero-order valence-corrected chi connectivity index (χ0v) is 18.4. The zero-order valence-electron chi connectivity index (χ0n) is 16.8. The molecule has 4 aromatic rings. The highest BCUT2D eigenvalue weighted by Gasteiger charge is 2.28. The molecule has 0 saturated heterocycles. The van der Waals surface area contributed by atoms with E-state index in [1.807, 2.05) is 36.4 Å². The van der Waals surface area contributed by atoms with Crippen molar-refractivity contribution in [2.45, 2.75) is 32.2 Å². The van der Waals surface area contributed by atoms with Gasteiger partial charge in [-0.2, -0.15) is 4.57 Å². The molecule has 2 aromatic heterocycles. The third-order valence-electron chi connectivity index (χ3n) is 5.67. The summed E-state index contributed by atoms with van der Waals surface area (Å²) in [5.41, 5.74) is 3.63. The number of aromatic nitrogens is 2. The maximum Gasteiger partial charge on any atom is 0.336 e. The molecule has 30 heavy (non-hydrogen) atoms. The predicted octanol–water partition coefficient (Wildman–Crippen LogP) is 1.28. The van der Waals surface area contributed by atoms with Crippen molar-refractivity contribution in [1.82, 2.24) is 4.57 Å². The third kappa shape index (κ3) is 3.56. The normalized spacial score (nSPS) is 13.4. The van der Waals surface area contributed by atoms with Crippen LogP contribution in [0.15, 0.2) is 70.0 Å². The molecule has 0 unspecified atom stereocenters. The molecule has 1 aliphatic heterocycles. The minimum absolute atomic E-state index is 0. The Morgan fingerprint density at radius 2 is 1.90 bits per heavy atom. The van der Waals surface area contributed by atoms with Gasteiger partial charge in [-0.3, -0.25) is 0 Å². The molecule has 0 radical (unpaired) electrons. The summed E-state index contributed by atoms with van der Waals surface area (Å²) in [5.74, 6) is 2.16. The van der Waals surface area contributed by atoms with Gasteiger partial charge in [0.2, 0.25) is 0 Å². The van der Waals surface area contributed by atoms with Crippen LogP contribution in [0.25, 0.3) is 27.9 Å². The van der Waals surface area contributed by atoms with Gasteiger partial charge in [0.05, 0.1) is 13.7 Å². The highest BCUT2D eigenvalue weighted by Crippen LogP contribution is 2.29. The van der Waals surface area contributed by atoms with Crippen molar-refractivity contribution in [3.8, 4) is 22.7 Å². The Hall–Kier alpha value is -2.86. The Balaban J connectivity index is 0.00000218. The van der Waals surface area contributed by atoms with E-state index in [-0.39, 0.29) is 22.6 Å². The number of ether oxygens (including phenoxy) is 1. The van der Waals surface area contributed by atoms with Gasteiger partial charge in [-0.05, 0) is 55.7 Å². The van der Waals surface area contributed by atoms with Crippen LogP contribution in [0, 0.1) is 0 Å². The topological polar surface area (TPSA) is 48.2 Å². The van der Waals surface area contributed by atoms with Crippen LogP contribution in [-0.2, 0) is 13.0 Å². The predicted molar refractivity (Wildman–Crippen MR) is 112 cm³/mol. The van der Waals surface area contributed by atoms with Crippen molar-refractivity contribution < 1.29 is 30.7 Å². The van der Waals surface area contributed by atoms with E-state index in [9.17, 15) is 4.79 Å². The van der Waals surface area contributed by atoms with Crippen LogP contribution in [0.1, 0.15) is 25.1 Å². The quantitative estimate of drug-likeness (QED) is 0.337. The molecule has 5 nitrogen and oxygen atoms in total. The third-order valence-corrected chi connectivity index (χ3v) is 5.67. The highest BCUT2D eigenvalue weighted by molar-refractivity contribution is 5.82. The Bertz CT molecular complexity index is 1260. The van der Waals surface area contributed by atoms with Crippen molar-refractivity contribution in [3.05, 3.63) is 77.0 Å². The van der Waals surface area contributed by atoms with Gasteiger partial charge >= 0.3 is 5.63 Å².